The van der Waals surface area contributed by atoms with Gasteiger partial charge in [0.25, 0.3) is 0 Å². The van der Waals surface area contributed by atoms with Crippen molar-refractivity contribution in [3.05, 3.63) is 36.0 Å². The molecule has 0 aromatic carbocycles. The normalized spacial score (nSPS) is 10.3. The number of nitrogens with two attached hydrogens (primary N) is 1. The summed E-state index contributed by atoms with van der Waals surface area (Å²) in [5.74, 6) is 0.547. The summed E-state index contributed by atoms with van der Waals surface area (Å²) in [6.07, 6.45) is 2.34. The molecule has 0 aliphatic carbocycles. The van der Waals surface area contributed by atoms with Gasteiger partial charge in [-0.1, -0.05) is 11.2 Å². The summed E-state index contributed by atoms with van der Waals surface area (Å²) in [4.78, 5) is 4.16. The first-order chi connectivity index (χ1) is 7.88. The summed E-state index contributed by atoms with van der Waals surface area (Å²) in [6, 6.07) is 6.12. The minimum absolute atomic E-state index is 0.397. The average Bonchev–Trinajstić information content (AvgIpc) is 2.76. The second-order valence-electron chi connectivity index (χ2n) is 3.21. The molecule has 6 nitrogen and oxygen atoms in total. The lowest BCUT2D eigenvalue weighted by atomic mass is 10.3. The molecular weight excluding hydrogens is 206 g/mol. The third kappa shape index (κ3) is 2.77. The zero-order valence-corrected chi connectivity index (χ0v) is 8.76. The maximum atomic E-state index is 5.38. The first kappa shape index (κ1) is 10.6. The molecule has 0 saturated carbocycles. The third-order valence-corrected chi connectivity index (χ3v) is 1.97. The van der Waals surface area contributed by atoms with Crippen molar-refractivity contribution < 1.29 is 4.42 Å². The maximum Gasteiger partial charge on any atom is 0.315 e. The number of aromatic nitrogens is 3. The zero-order valence-electron chi connectivity index (χ0n) is 8.76. The highest BCUT2D eigenvalue weighted by atomic mass is 16.4. The third-order valence-electron chi connectivity index (χ3n) is 1.97. The fourth-order valence-electron chi connectivity index (χ4n) is 1.22. The number of hydrogen-bond donors (Lipinski definition) is 2. The molecule has 0 atom stereocenters. The van der Waals surface area contributed by atoms with Gasteiger partial charge in [-0.3, -0.25) is 4.98 Å². The lowest BCUT2D eigenvalue weighted by Crippen LogP contribution is -2.02. The van der Waals surface area contributed by atoms with Crippen LogP contribution in [0.4, 0.5) is 6.01 Å². The fourth-order valence-corrected chi connectivity index (χ4v) is 1.22. The van der Waals surface area contributed by atoms with Crippen LogP contribution in [0.2, 0.25) is 0 Å². The van der Waals surface area contributed by atoms with Gasteiger partial charge < -0.3 is 15.5 Å². The largest absolute Gasteiger partial charge is 0.408 e. The number of anilines is 1. The van der Waals surface area contributed by atoms with E-state index in [0.717, 1.165) is 5.69 Å². The van der Waals surface area contributed by atoms with E-state index in [1.165, 1.54) is 0 Å². The number of pyridine rings is 1. The Kier molecular flexibility index (Phi) is 3.45. The monoisotopic (exact) mass is 219 g/mol. The van der Waals surface area contributed by atoms with Crippen LogP contribution >= 0.6 is 0 Å². The Labute approximate surface area is 92.9 Å². The van der Waals surface area contributed by atoms with Gasteiger partial charge in [-0.15, -0.1) is 5.10 Å². The summed E-state index contributed by atoms with van der Waals surface area (Å²) in [7, 11) is 0. The molecule has 0 aliphatic heterocycles. The van der Waals surface area contributed by atoms with E-state index in [-0.39, 0.29) is 0 Å². The number of nitrogens with zero attached hydrogens (tertiary/aromatic N) is 3. The van der Waals surface area contributed by atoms with Crippen LogP contribution in [0.3, 0.4) is 0 Å². The lowest BCUT2D eigenvalue weighted by molar-refractivity contribution is 0.505. The van der Waals surface area contributed by atoms with Crippen molar-refractivity contribution in [2.75, 3.05) is 11.9 Å². The molecule has 16 heavy (non-hydrogen) atoms. The van der Waals surface area contributed by atoms with E-state index >= 15 is 0 Å². The molecule has 0 saturated heterocycles. The lowest BCUT2D eigenvalue weighted by Gasteiger charge is -1.99. The molecule has 0 aliphatic rings. The van der Waals surface area contributed by atoms with Crippen molar-refractivity contribution in [1.82, 2.24) is 15.2 Å². The molecule has 6 heteroatoms. The summed E-state index contributed by atoms with van der Waals surface area (Å²) >= 11 is 0. The highest BCUT2D eigenvalue weighted by molar-refractivity contribution is 5.19. The Morgan fingerprint density at radius 3 is 3.00 bits per heavy atom. The highest BCUT2D eigenvalue weighted by Crippen LogP contribution is 2.06. The van der Waals surface area contributed by atoms with Crippen LogP contribution in [0.1, 0.15) is 11.6 Å². The van der Waals surface area contributed by atoms with Crippen molar-refractivity contribution in [2.45, 2.75) is 13.0 Å². The summed E-state index contributed by atoms with van der Waals surface area (Å²) in [6.45, 7) is 1.06. The average molecular weight is 219 g/mol. The van der Waals surface area contributed by atoms with Gasteiger partial charge in [0.05, 0.1) is 12.2 Å². The molecule has 84 valence electrons. The second-order valence-corrected chi connectivity index (χ2v) is 3.21. The van der Waals surface area contributed by atoms with E-state index < -0.39 is 0 Å². The molecule has 0 spiro atoms. The number of rotatable bonds is 5. The van der Waals surface area contributed by atoms with Crippen LogP contribution in [0.25, 0.3) is 0 Å². The second kappa shape index (κ2) is 5.22. The summed E-state index contributed by atoms with van der Waals surface area (Å²) in [5, 5.41) is 10.7. The molecule has 2 rings (SSSR count). The van der Waals surface area contributed by atoms with Gasteiger partial charge in [-0.25, -0.2) is 0 Å². The van der Waals surface area contributed by atoms with Crippen molar-refractivity contribution >= 4 is 6.01 Å². The quantitative estimate of drug-likeness (QED) is 0.764. The Hall–Kier alpha value is -1.95. The predicted octanol–water partition coefficient (Wildman–Crippen LogP) is 0.578. The van der Waals surface area contributed by atoms with Crippen molar-refractivity contribution in [1.29, 1.82) is 0 Å². The molecule has 2 aromatic rings. The first-order valence-corrected chi connectivity index (χ1v) is 5.04. The molecular formula is C10H13N5O. The van der Waals surface area contributed by atoms with Crippen LogP contribution in [0.5, 0.6) is 0 Å². The van der Waals surface area contributed by atoms with Crippen molar-refractivity contribution in [3.8, 4) is 0 Å². The molecule has 0 unspecified atom stereocenters. The van der Waals surface area contributed by atoms with Gasteiger partial charge in [0.15, 0.2) is 0 Å². The topological polar surface area (TPSA) is 89.9 Å². The van der Waals surface area contributed by atoms with Gasteiger partial charge in [0, 0.05) is 19.2 Å². The Morgan fingerprint density at radius 1 is 1.31 bits per heavy atom. The van der Waals surface area contributed by atoms with E-state index in [1.54, 1.807) is 6.20 Å². The van der Waals surface area contributed by atoms with Crippen molar-refractivity contribution in [2.24, 2.45) is 5.73 Å². The summed E-state index contributed by atoms with van der Waals surface area (Å²) < 4.78 is 5.30. The molecule has 3 N–H and O–H groups in total. The minimum atomic E-state index is 0.397. The number of nitrogens with one attached hydrogen (secondary N) is 1. The Morgan fingerprint density at radius 2 is 2.25 bits per heavy atom. The van der Waals surface area contributed by atoms with Gasteiger partial charge in [-0.2, -0.15) is 0 Å². The predicted molar refractivity (Wildman–Crippen MR) is 58.6 cm³/mol. The Balaban J connectivity index is 1.89. The van der Waals surface area contributed by atoms with E-state index in [2.05, 4.69) is 20.5 Å². The molecule has 0 radical (unpaired) electrons. The van der Waals surface area contributed by atoms with Gasteiger partial charge in [0.1, 0.15) is 0 Å². The molecule has 2 heterocycles. The van der Waals surface area contributed by atoms with Crippen LogP contribution < -0.4 is 11.1 Å². The van der Waals surface area contributed by atoms with Crippen LogP contribution in [-0.2, 0) is 13.0 Å². The van der Waals surface area contributed by atoms with E-state index in [0.29, 0.717) is 31.4 Å². The van der Waals surface area contributed by atoms with E-state index in [4.69, 9.17) is 10.2 Å². The van der Waals surface area contributed by atoms with Gasteiger partial charge >= 0.3 is 6.01 Å². The summed E-state index contributed by atoms with van der Waals surface area (Å²) in [5.41, 5.74) is 6.29. The number of hydrogen-bond acceptors (Lipinski definition) is 6. The first-order valence-electron chi connectivity index (χ1n) is 5.04. The molecule has 0 fully saturated rings. The van der Waals surface area contributed by atoms with E-state index in [9.17, 15) is 0 Å². The van der Waals surface area contributed by atoms with Crippen LogP contribution in [0, 0.1) is 0 Å². The molecule has 2 aromatic heterocycles. The SMILES string of the molecule is NCCc1nnc(NCc2ccccn2)o1. The minimum Gasteiger partial charge on any atom is -0.408 e. The molecule has 0 bridgehead atoms. The van der Waals surface area contributed by atoms with Gasteiger partial charge in [-0.05, 0) is 12.1 Å². The highest BCUT2D eigenvalue weighted by Gasteiger charge is 2.04. The van der Waals surface area contributed by atoms with E-state index in [1.807, 2.05) is 18.2 Å². The Bertz CT molecular complexity index is 428. The maximum absolute atomic E-state index is 5.38. The van der Waals surface area contributed by atoms with Crippen LogP contribution in [0.15, 0.2) is 28.8 Å². The molecule has 0 amide bonds. The van der Waals surface area contributed by atoms with Gasteiger partial charge in [0.2, 0.25) is 5.89 Å². The fraction of sp³-hybridized carbons (Fsp3) is 0.300. The van der Waals surface area contributed by atoms with Crippen molar-refractivity contribution in [3.63, 3.8) is 0 Å². The smallest absolute Gasteiger partial charge is 0.315 e. The van der Waals surface area contributed by atoms with Crippen LogP contribution in [-0.4, -0.2) is 21.7 Å². The zero-order chi connectivity index (χ0) is 11.2. The standard InChI is InChI=1S/C10H13N5O/c11-5-4-9-14-15-10(16-9)13-7-8-3-1-2-6-12-8/h1-3,6H,4-5,7,11H2,(H,13,15).